The van der Waals surface area contributed by atoms with Crippen LogP contribution in [0.25, 0.3) is 0 Å². The molecule has 118 valence electrons. The Kier molecular flexibility index (Phi) is 5.17. The predicted octanol–water partition coefficient (Wildman–Crippen LogP) is 4.71. The minimum atomic E-state index is 0.743. The lowest BCUT2D eigenvalue weighted by Gasteiger charge is -2.08. The predicted molar refractivity (Wildman–Crippen MR) is 99.2 cm³/mol. The summed E-state index contributed by atoms with van der Waals surface area (Å²) in [5, 5.41) is 3.43. The highest BCUT2D eigenvalue weighted by atomic mass is 16.5. The van der Waals surface area contributed by atoms with Gasteiger partial charge in [-0.05, 0) is 48.0 Å². The summed E-state index contributed by atoms with van der Waals surface area (Å²) in [7, 11) is 1.68. The fraction of sp³-hybridized carbons (Fsp3) is 0.0909. The second kappa shape index (κ2) is 7.89. The molecule has 0 heterocycles. The zero-order chi connectivity index (χ0) is 16.6. The topological polar surface area (TPSA) is 21.3 Å². The molecule has 3 rings (SSSR count). The SMILES string of the molecule is COc1cccc(CNc2cccc(C#Cc3ccccc3)c2)c1. The lowest BCUT2D eigenvalue weighted by atomic mass is 10.1. The summed E-state index contributed by atoms with van der Waals surface area (Å²) in [4.78, 5) is 0. The van der Waals surface area contributed by atoms with Gasteiger partial charge in [-0.3, -0.25) is 0 Å². The molecule has 0 atom stereocenters. The van der Waals surface area contributed by atoms with Crippen LogP contribution in [-0.2, 0) is 6.54 Å². The van der Waals surface area contributed by atoms with Crippen LogP contribution in [0.2, 0.25) is 0 Å². The minimum absolute atomic E-state index is 0.743. The number of anilines is 1. The second-order valence-electron chi connectivity index (χ2n) is 5.40. The van der Waals surface area contributed by atoms with Gasteiger partial charge < -0.3 is 10.1 Å². The lowest BCUT2D eigenvalue weighted by molar-refractivity contribution is 0.414. The molecule has 0 unspecified atom stereocenters. The van der Waals surface area contributed by atoms with Crippen molar-refractivity contribution < 1.29 is 4.74 Å². The molecule has 0 bridgehead atoms. The van der Waals surface area contributed by atoms with E-state index in [-0.39, 0.29) is 0 Å². The zero-order valence-electron chi connectivity index (χ0n) is 13.6. The van der Waals surface area contributed by atoms with E-state index in [0.717, 1.165) is 29.1 Å². The maximum absolute atomic E-state index is 5.25. The zero-order valence-corrected chi connectivity index (χ0v) is 13.6. The molecule has 0 fully saturated rings. The summed E-state index contributed by atoms with van der Waals surface area (Å²) in [5.74, 6) is 7.26. The Hall–Kier alpha value is -3.18. The summed E-state index contributed by atoms with van der Waals surface area (Å²) in [6, 6.07) is 26.2. The average Bonchev–Trinajstić information content (AvgIpc) is 2.66. The van der Waals surface area contributed by atoms with E-state index >= 15 is 0 Å². The van der Waals surface area contributed by atoms with Gasteiger partial charge in [-0.2, -0.15) is 0 Å². The van der Waals surface area contributed by atoms with E-state index in [2.05, 4.69) is 29.3 Å². The molecule has 0 saturated carbocycles. The van der Waals surface area contributed by atoms with E-state index in [1.54, 1.807) is 7.11 Å². The van der Waals surface area contributed by atoms with Crippen molar-refractivity contribution in [1.82, 2.24) is 0 Å². The number of nitrogens with one attached hydrogen (secondary N) is 1. The van der Waals surface area contributed by atoms with Gasteiger partial charge in [0, 0.05) is 23.4 Å². The van der Waals surface area contributed by atoms with E-state index < -0.39 is 0 Å². The van der Waals surface area contributed by atoms with Crippen LogP contribution < -0.4 is 10.1 Å². The van der Waals surface area contributed by atoms with Crippen molar-refractivity contribution >= 4 is 5.69 Å². The molecular formula is C22H19NO. The first-order valence-electron chi connectivity index (χ1n) is 7.87. The van der Waals surface area contributed by atoms with Crippen LogP contribution in [0.3, 0.4) is 0 Å². The van der Waals surface area contributed by atoms with Crippen molar-refractivity contribution in [3.05, 3.63) is 95.6 Å². The number of rotatable bonds is 4. The molecular weight excluding hydrogens is 294 g/mol. The highest BCUT2D eigenvalue weighted by Crippen LogP contribution is 2.15. The summed E-state index contributed by atoms with van der Waals surface area (Å²) in [6.45, 7) is 0.743. The molecule has 0 spiro atoms. The van der Waals surface area contributed by atoms with Crippen LogP contribution in [0.5, 0.6) is 5.75 Å². The first-order valence-corrected chi connectivity index (χ1v) is 7.87. The van der Waals surface area contributed by atoms with Gasteiger partial charge in [0.15, 0.2) is 0 Å². The minimum Gasteiger partial charge on any atom is -0.497 e. The van der Waals surface area contributed by atoms with E-state index in [1.165, 1.54) is 5.56 Å². The third kappa shape index (κ3) is 4.41. The van der Waals surface area contributed by atoms with Crippen LogP contribution in [-0.4, -0.2) is 7.11 Å². The van der Waals surface area contributed by atoms with Crippen LogP contribution >= 0.6 is 0 Å². The van der Waals surface area contributed by atoms with Gasteiger partial charge in [0.05, 0.1) is 7.11 Å². The van der Waals surface area contributed by atoms with Gasteiger partial charge in [-0.25, -0.2) is 0 Å². The van der Waals surface area contributed by atoms with Crippen molar-refractivity contribution in [3.8, 4) is 17.6 Å². The van der Waals surface area contributed by atoms with Crippen LogP contribution in [0.4, 0.5) is 5.69 Å². The maximum Gasteiger partial charge on any atom is 0.119 e. The Morgan fingerprint density at radius 2 is 1.54 bits per heavy atom. The molecule has 0 aromatic heterocycles. The standard InChI is InChI=1S/C22H19NO/c1-24-22-12-6-10-20(16-22)17-23-21-11-5-9-19(15-21)14-13-18-7-3-2-4-8-18/h2-12,15-16,23H,17H2,1H3. The number of benzene rings is 3. The highest BCUT2D eigenvalue weighted by molar-refractivity contribution is 5.52. The summed E-state index contributed by atoms with van der Waals surface area (Å²) in [5.41, 5.74) is 4.24. The van der Waals surface area contributed by atoms with Gasteiger partial charge in [0.1, 0.15) is 5.75 Å². The normalized spacial score (nSPS) is 9.71. The summed E-state index contributed by atoms with van der Waals surface area (Å²) in [6.07, 6.45) is 0. The fourth-order valence-corrected chi connectivity index (χ4v) is 2.36. The first kappa shape index (κ1) is 15.7. The number of hydrogen-bond donors (Lipinski definition) is 1. The smallest absolute Gasteiger partial charge is 0.119 e. The molecule has 0 saturated heterocycles. The van der Waals surface area contributed by atoms with Gasteiger partial charge >= 0.3 is 0 Å². The average molecular weight is 313 g/mol. The Morgan fingerprint density at radius 1 is 0.792 bits per heavy atom. The monoisotopic (exact) mass is 313 g/mol. The molecule has 0 aliphatic rings. The third-order valence-corrected chi connectivity index (χ3v) is 3.62. The van der Waals surface area contributed by atoms with E-state index in [4.69, 9.17) is 4.74 Å². The Labute approximate surface area is 143 Å². The van der Waals surface area contributed by atoms with Gasteiger partial charge in [-0.15, -0.1) is 0 Å². The molecule has 0 amide bonds. The van der Waals surface area contributed by atoms with Gasteiger partial charge in [0.25, 0.3) is 0 Å². The molecule has 0 radical (unpaired) electrons. The van der Waals surface area contributed by atoms with E-state index in [9.17, 15) is 0 Å². The third-order valence-electron chi connectivity index (χ3n) is 3.62. The van der Waals surface area contributed by atoms with E-state index in [0.29, 0.717) is 0 Å². The van der Waals surface area contributed by atoms with Crippen molar-refractivity contribution in [1.29, 1.82) is 0 Å². The Morgan fingerprint density at radius 3 is 2.38 bits per heavy atom. The highest BCUT2D eigenvalue weighted by Gasteiger charge is 1.97. The van der Waals surface area contributed by atoms with E-state index in [1.807, 2.05) is 66.7 Å². The molecule has 1 N–H and O–H groups in total. The number of methoxy groups -OCH3 is 1. The largest absolute Gasteiger partial charge is 0.497 e. The van der Waals surface area contributed by atoms with Crippen LogP contribution in [0.15, 0.2) is 78.9 Å². The molecule has 24 heavy (non-hydrogen) atoms. The number of hydrogen-bond acceptors (Lipinski definition) is 2. The van der Waals surface area contributed by atoms with Crippen molar-refractivity contribution in [2.45, 2.75) is 6.54 Å². The quantitative estimate of drug-likeness (QED) is 0.705. The maximum atomic E-state index is 5.25. The number of ether oxygens (including phenoxy) is 1. The van der Waals surface area contributed by atoms with Crippen LogP contribution in [0.1, 0.15) is 16.7 Å². The van der Waals surface area contributed by atoms with Crippen LogP contribution in [0, 0.1) is 11.8 Å². The molecule has 3 aromatic rings. The molecule has 2 heteroatoms. The lowest BCUT2D eigenvalue weighted by Crippen LogP contribution is -1.99. The molecule has 2 nitrogen and oxygen atoms in total. The molecule has 3 aromatic carbocycles. The van der Waals surface area contributed by atoms with Gasteiger partial charge in [0.2, 0.25) is 0 Å². The second-order valence-corrected chi connectivity index (χ2v) is 5.40. The van der Waals surface area contributed by atoms with Crippen molar-refractivity contribution in [3.63, 3.8) is 0 Å². The Balaban J connectivity index is 1.68. The van der Waals surface area contributed by atoms with Crippen molar-refractivity contribution in [2.24, 2.45) is 0 Å². The van der Waals surface area contributed by atoms with Gasteiger partial charge in [-0.1, -0.05) is 48.2 Å². The first-order chi connectivity index (χ1) is 11.8. The molecule has 0 aliphatic carbocycles. The van der Waals surface area contributed by atoms with Crippen molar-refractivity contribution in [2.75, 3.05) is 12.4 Å². The fourth-order valence-electron chi connectivity index (χ4n) is 2.36. The Bertz CT molecular complexity index is 860. The summed E-state index contributed by atoms with van der Waals surface area (Å²) < 4.78 is 5.25. The molecule has 0 aliphatic heterocycles. The summed E-state index contributed by atoms with van der Waals surface area (Å²) >= 11 is 0.